The van der Waals surface area contributed by atoms with Crippen molar-refractivity contribution in [3.8, 4) is 12.3 Å². The molecule has 0 amide bonds. The highest BCUT2D eigenvalue weighted by molar-refractivity contribution is 5.66. The van der Waals surface area contributed by atoms with E-state index in [-0.39, 0.29) is 12.2 Å². The summed E-state index contributed by atoms with van der Waals surface area (Å²) < 4.78 is 27.0. The molecule has 3 rings (SSSR count). The summed E-state index contributed by atoms with van der Waals surface area (Å²) in [7, 11) is 0. The van der Waals surface area contributed by atoms with Gasteiger partial charge in [0.1, 0.15) is 30.2 Å². The number of hydrogen-bond donors (Lipinski definition) is 1. The molecule has 0 spiro atoms. The molecule has 1 unspecified atom stereocenters. The van der Waals surface area contributed by atoms with Crippen LogP contribution < -0.4 is 5.73 Å². The first-order valence-corrected chi connectivity index (χ1v) is 12.2. The number of nitrogen functional groups attached to an aromatic ring is 1. The van der Waals surface area contributed by atoms with Crippen molar-refractivity contribution >= 4 is 11.3 Å². The van der Waals surface area contributed by atoms with Crippen molar-refractivity contribution in [1.29, 1.82) is 0 Å². The van der Waals surface area contributed by atoms with Gasteiger partial charge in [0.2, 0.25) is 0 Å². The number of fused-ring (bicyclic) bond motifs is 1. The third kappa shape index (κ3) is 5.49. The summed E-state index contributed by atoms with van der Waals surface area (Å²) in [4.78, 5) is 4.09. The molecular weight excluding hydrogens is 420 g/mol. The molecule has 0 aliphatic carbocycles. The standard InChI is InChI=1S/C25H38N4O4/c1-5-9-14-30-17-20-22(31-15-10-6-2)23(32-16-11-7-3)25(8-4,33-20)21-13-12-19-24(26)27-18-28-29(19)21/h4,12-13,18,20,22-23H,5-7,9-11,14-17H2,1-3H3,(H2,26,27,28)/t20-,22-,23-,25?/m1/s1. The van der Waals surface area contributed by atoms with Crippen LogP contribution in [0.5, 0.6) is 0 Å². The third-order valence-electron chi connectivity index (χ3n) is 6.01. The normalized spacial score (nSPS) is 25.0. The summed E-state index contributed by atoms with van der Waals surface area (Å²) in [6, 6.07) is 3.74. The molecule has 2 aromatic rings. The number of rotatable bonds is 14. The number of aromatic nitrogens is 3. The summed E-state index contributed by atoms with van der Waals surface area (Å²) in [6.45, 7) is 8.62. The fourth-order valence-corrected chi connectivity index (χ4v) is 4.13. The van der Waals surface area contributed by atoms with Gasteiger partial charge in [-0.2, -0.15) is 5.10 Å². The van der Waals surface area contributed by atoms with E-state index in [4.69, 9.17) is 31.1 Å². The molecule has 2 aromatic heterocycles. The van der Waals surface area contributed by atoms with Gasteiger partial charge in [-0.3, -0.25) is 0 Å². The highest BCUT2D eigenvalue weighted by atomic mass is 16.6. The van der Waals surface area contributed by atoms with Crippen molar-refractivity contribution in [3.63, 3.8) is 0 Å². The Labute approximate surface area is 197 Å². The Morgan fingerprint density at radius 3 is 2.48 bits per heavy atom. The number of terminal acetylenes is 1. The van der Waals surface area contributed by atoms with E-state index in [2.05, 4.69) is 36.8 Å². The van der Waals surface area contributed by atoms with Crippen molar-refractivity contribution in [3.05, 3.63) is 24.2 Å². The zero-order valence-electron chi connectivity index (χ0n) is 20.2. The molecule has 0 aromatic carbocycles. The first kappa shape index (κ1) is 25.4. The predicted molar refractivity (Wildman–Crippen MR) is 128 cm³/mol. The van der Waals surface area contributed by atoms with E-state index in [9.17, 15) is 0 Å². The van der Waals surface area contributed by atoms with Gasteiger partial charge in [-0.15, -0.1) is 6.42 Å². The average Bonchev–Trinajstić information content (AvgIpc) is 3.38. The van der Waals surface area contributed by atoms with Crippen LogP contribution in [0.1, 0.15) is 65.0 Å². The topological polar surface area (TPSA) is 93.1 Å². The van der Waals surface area contributed by atoms with Gasteiger partial charge in [0.05, 0.1) is 12.3 Å². The molecule has 1 fully saturated rings. The summed E-state index contributed by atoms with van der Waals surface area (Å²) in [5.41, 5.74) is 6.22. The Morgan fingerprint density at radius 1 is 1.09 bits per heavy atom. The van der Waals surface area contributed by atoms with E-state index in [1.54, 1.807) is 4.52 Å². The van der Waals surface area contributed by atoms with Gasteiger partial charge in [0.15, 0.2) is 11.4 Å². The summed E-state index contributed by atoms with van der Waals surface area (Å²) in [5.74, 6) is 3.29. The minimum Gasteiger partial charge on any atom is -0.382 e. The maximum atomic E-state index is 6.62. The van der Waals surface area contributed by atoms with Crippen LogP contribution >= 0.6 is 0 Å². The molecular formula is C25H38N4O4. The van der Waals surface area contributed by atoms with Gasteiger partial charge in [-0.1, -0.05) is 46.0 Å². The second-order valence-electron chi connectivity index (χ2n) is 8.46. The Balaban J connectivity index is 2.00. The van der Waals surface area contributed by atoms with Crippen LogP contribution in [0, 0.1) is 12.3 Å². The van der Waals surface area contributed by atoms with Crippen molar-refractivity contribution in [2.75, 3.05) is 32.2 Å². The van der Waals surface area contributed by atoms with Gasteiger partial charge < -0.3 is 24.7 Å². The largest absolute Gasteiger partial charge is 0.382 e. The van der Waals surface area contributed by atoms with E-state index in [0.717, 1.165) is 38.5 Å². The quantitative estimate of drug-likeness (QED) is 0.341. The lowest BCUT2D eigenvalue weighted by Crippen LogP contribution is -2.44. The number of hydrogen-bond acceptors (Lipinski definition) is 7. The lowest BCUT2D eigenvalue weighted by Gasteiger charge is -2.30. The molecule has 1 aliphatic rings. The zero-order valence-corrected chi connectivity index (χ0v) is 20.2. The third-order valence-corrected chi connectivity index (χ3v) is 6.01. The molecule has 3 heterocycles. The molecule has 0 radical (unpaired) electrons. The maximum Gasteiger partial charge on any atom is 0.199 e. The number of unbranched alkanes of at least 4 members (excludes halogenated alkanes) is 3. The molecule has 33 heavy (non-hydrogen) atoms. The smallest absolute Gasteiger partial charge is 0.199 e. The SMILES string of the molecule is C#CC1(c2ccc3c(N)ncnn23)O[C@H](COCCCC)[C@@H](OCCCC)[C@H]1OCCCC. The van der Waals surface area contributed by atoms with Crippen LogP contribution in [0.3, 0.4) is 0 Å². The van der Waals surface area contributed by atoms with Gasteiger partial charge in [0, 0.05) is 19.8 Å². The zero-order chi connectivity index (χ0) is 23.7. The van der Waals surface area contributed by atoms with Crippen LogP contribution in [-0.4, -0.2) is 59.3 Å². The van der Waals surface area contributed by atoms with E-state index >= 15 is 0 Å². The van der Waals surface area contributed by atoms with Crippen LogP contribution in [0.4, 0.5) is 5.82 Å². The number of anilines is 1. The molecule has 8 nitrogen and oxygen atoms in total. The number of ether oxygens (including phenoxy) is 4. The molecule has 4 atom stereocenters. The summed E-state index contributed by atoms with van der Waals surface area (Å²) >= 11 is 0. The first-order valence-electron chi connectivity index (χ1n) is 12.2. The summed E-state index contributed by atoms with van der Waals surface area (Å²) in [6.07, 6.45) is 12.3. The average molecular weight is 459 g/mol. The predicted octanol–water partition coefficient (Wildman–Crippen LogP) is 3.73. The number of nitrogens with two attached hydrogens (primary N) is 1. The highest BCUT2D eigenvalue weighted by Crippen LogP contribution is 2.43. The lowest BCUT2D eigenvalue weighted by atomic mass is 9.91. The lowest BCUT2D eigenvalue weighted by molar-refractivity contribution is -0.0889. The molecule has 0 saturated carbocycles. The Hall–Kier alpha value is -2.18. The maximum absolute atomic E-state index is 6.62. The second-order valence-corrected chi connectivity index (χ2v) is 8.46. The monoisotopic (exact) mass is 458 g/mol. The molecule has 1 aliphatic heterocycles. The second kappa shape index (κ2) is 12.3. The van der Waals surface area contributed by atoms with Crippen LogP contribution in [0.25, 0.3) is 5.52 Å². The highest BCUT2D eigenvalue weighted by Gasteiger charge is 2.58. The van der Waals surface area contributed by atoms with Gasteiger partial charge in [-0.05, 0) is 31.4 Å². The van der Waals surface area contributed by atoms with Gasteiger partial charge in [-0.25, -0.2) is 9.50 Å². The van der Waals surface area contributed by atoms with E-state index < -0.39 is 11.7 Å². The van der Waals surface area contributed by atoms with Crippen LogP contribution in [0.15, 0.2) is 18.5 Å². The Kier molecular flexibility index (Phi) is 9.51. The molecule has 0 bridgehead atoms. The Morgan fingerprint density at radius 2 is 1.79 bits per heavy atom. The fourth-order valence-electron chi connectivity index (χ4n) is 4.13. The molecule has 2 N–H and O–H groups in total. The molecule has 8 heteroatoms. The van der Waals surface area contributed by atoms with Gasteiger partial charge >= 0.3 is 0 Å². The first-order chi connectivity index (χ1) is 16.1. The molecule has 182 valence electrons. The van der Waals surface area contributed by atoms with Crippen molar-refractivity contribution in [1.82, 2.24) is 14.6 Å². The van der Waals surface area contributed by atoms with E-state index in [1.165, 1.54) is 6.33 Å². The minimum atomic E-state index is -1.20. The minimum absolute atomic E-state index is 0.365. The van der Waals surface area contributed by atoms with Crippen molar-refractivity contribution in [2.24, 2.45) is 0 Å². The van der Waals surface area contributed by atoms with Crippen LogP contribution in [-0.2, 0) is 24.5 Å². The Bertz CT molecular complexity index is 911. The fraction of sp³-hybridized carbons (Fsp3) is 0.680. The van der Waals surface area contributed by atoms with Crippen molar-refractivity contribution < 1.29 is 18.9 Å². The summed E-state index contributed by atoms with van der Waals surface area (Å²) in [5, 5.41) is 4.40. The van der Waals surface area contributed by atoms with Crippen molar-refractivity contribution in [2.45, 2.75) is 83.2 Å². The van der Waals surface area contributed by atoms with E-state index in [1.807, 2.05) is 12.1 Å². The van der Waals surface area contributed by atoms with Gasteiger partial charge in [0.25, 0.3) is 0 Å². The molecule has 1 saturated heterocycles. The van der Waals surface area contributed by atoms with E-state index in [0.29, 0.717) is 43.5 Å². The number of nitrogens with zero attached hydrogens (tertiary/aromatic N) is 3. The van der Waals surface area contributed by atoms with Crippen LogP contribution in [0.2, 0.25) is 0 Å².